The molecular weight excluding hydrogens is 252 g/mol. The second-order valence-corrected chi connectivity index (χ2v) is 8.04. The van der Waals surface area contributed by atoms with Crippen LogP contribution in [0.4, 0.5) is 0 Å². The van der Waals surface area contributed by atoms with Crippen LogP contribution in [0.25, 0.3) is 0 Å². The highest BCUT2D eigenvalue weighted by Gasteiger charge is 2.33. The Morgan fingerprint density at radius 3 is 1.45 bits per heavy atom. The molecule has 4 heteroatoms. The van der Waals surface area contributed by atoms with E-state index in [4.69, 9.17) is 0 Å². The summed E-state index contributed by atoms with van der Waals surface area (Å²) >= 11 is 0. The fourth-order valence-corrected chi connectivity index (χ4v) is 2.61. The molecule has 4 nitrogen and oxygen atoms in total. The van der Waals surface area contributed by atoms with Crippen molar-refractivity contribution in [3.8, 4) is 0 Å². The fraction of sp³-hybridized carbons (Fsp3) is 0.875. The van der Waals surface area contributed by atoms with Crippen LogP contribution in [0.15, 0.2) is 0 Å². The van der Waals surface area contributed by atoms with E-state index in [0.717, 1.165) is 19.3 Å². The quantitative estimate of drug-likeness (QED) is 0.818. The predicted octanol–water partition coefficient (Wildman–Crippen LogP) is 2.62. The molecule has 2 amide bonds. The Hall–Kier alpha value is -1.06. The number of nitrogens with one attached hydrogen (secondary N) is 2. The summed E-state index contributed by atoms with van der Waals surface area (Å²) < 4.78 is 0. The summed E-state index contributed by atoms with van der Waals surface area (Å²) in [5.41, 5.74) is -0.421. The van der Waals surface area contributed by atoms with Crippen LogP contribution in [0.5, 0.6) is 0 Å². The van der Waals surface area contributed by atoms with Gasteiger partial charge < -0.3 is 10.6 Å². The lowest BCUT2D eigenvalue weighted by Crippen LogP contribution is -2.48. The minimum Gasteiger partial charge on any atom is -0.351 e. The third-order valence-electron chi connectivity index (χ3n) is 3.41. The van der Waals surface area contributed by atoms with Gasteiger partial charge in [0.25, 0.3) is 0 Å². The molecule has 2 atom stereocenters. The normalized spacial score (nSPS) is 24.1. The number of hydrogen-bond acceptors (Lipinski definition) is 2. The Balaban J connectivity index is 2.58. The van der Waals surface area contributed by atoms with Gasteiger partial charge in [-0.2, -0.15) is 0 Å². The number of rotatable bonds is 2. The molecule has 0 heterocycles. The van der Waals surface area contributed by atoms with E-state index >= 15 is 0 Å². The predicted molar refractivity (Wildman–Crippen MR) is 81.2 cm³/mol. The zero-order valence-corrected chi connectivity index (χ0v) is 13.8. The first-order chi connectivity index (χ1) is 8.98. The molecule has 1 saturated carbocycles. The molecule has 0 aliphatic heterocycles. The molecule has 1 aliphatic rings. The minimum absolute atomic E-state index is 0.0290. The Labute approximate surface area is 123 Å². The zero-order valence-electron chi connectivity index (χ0n) is 13.8. The van der Waals surface area contributed by atoms with Crippen LogP contribution in [0.3, 0.4) is 0 Å². The van der Waals surface area contributed by atoms with Gasteiger partial charge in [-0.1, -0.05) is 6.42 Å². The van der Waals surface area contributed by atoms with E-state index in [1.807, 2.05) is 41.5 Å². The number of carbonyl (C=O) groups is 2. The van der Waals surface area contributed by atoms with Crippen molar-refractivity contribution in [1.82, 2.24) is 10.6 Å². The van der Waals surface area contributed by atoms with Crippen molar-refractivity contribution >= 4 is 11.8 Å². The van der Waals surface area contributed by atoms with Crippen LogP contribution in [0, 0.1) is 11.8 Å². The highest BCUT2D eigenvalue weighted by atomic mass is 16.2. The summed E-state index contributed by atoms with van der Waals surface area (Å²) in [4.78, 5) is 24.4. The second-order valence-electron chi connectivity index (χ2n) is 8.04. The topological polar surface area (TPSA) is 58.2 Å². The van der Waals surface area contributed by atoms with E-state index in [9.17, 15) is 9.59 Å². The SMILES string of the molecule is CC(C)(C)NC(=O)C1CCCC(C(=O)NC(C)(C)C)C1. The maximum absolute atomic E-state index is 12.2. The average molecular weight is 282 g/mol. The monoisotopic (exact) mass is 282 g/mol. The van der Waals surface area contributed by atoms with E-state index in [1.54, 1.807) is 0 Å². The highest BCUT2D eigenvalue weighted by molar-refractivity contribution is 5.83. The van der Waals surface area contributed by atoms with Gasteiger partial charge in [-0.05, 0) is 60.8 Å². The van der Waals surface area contributed by atoms with E-state index in [1.165, 1.54) is 0 Å². The Morgan fingerprint density at radius 2 is 1.15 bits per heavy atom. The molecular formula is C16H30N2O2. The molecule has 0 spiro atoms. The molecule has 0 aromatic rings. The second kappa shape index (κ2) is 6.15. The fourth-order valence-electron chi connectivity index (χ4n) is 2.61. The molecule has 0 radical (unpaired) electrons. The van der Waals surface area contributed by atoms with Gasteiger partial charge in [0.05, 0.1) is 0 Å². The van der Waals surface area contributed by atoms with Gasteiger partial charge in [0.2, 0.25) is 11.8 Å². The van der Waals surface area contributed by atoms with E-state index < -0.39 is 0 Å². The van der Waals surface area contributed by atoms with Gasteiger partial charge in [0, 0.05) is 22.9 Å². The first kappa shape index (κ1) is 17.0. The third kappa shape index (κ3) is 5.93. The summed E-state index contributed by atoms with van der Waals surface area (Å²) in [6.45, 7) is 11.9. The Kier molecular flexibility index (Phi) is 5.22. The van der Waals surface area contributed by atoms with Crippen molar-refractivity contribution < 1.29 is 9.59 Å². The summed E-state index contributed by atoms with van der Waals surface area (Å²) in [7, 11) is 0. The zero-order chi connectivity index (χ0) is 15.6. The molecule has 1 rings (SSSR count). The molecule has 0 bridgehead atoms. The smallest absolute Gasteiger partial charge is 0.223 e. The van der Waals surface area contributed by atoms with E-state index in [0.29, 0.717) is 6.42 Å². The van der Waals surface area contributed by atoms with Crippen LogP contribution in [-0.2, 0) is 9.59 Å². The molecule has 2 N–H and O–H groups in total. The molecule has 20 heavy (non-hydrogen) atoms. The van der Waals surface area contributed by atoms with Gasteiger partial charge >= 0.3 is 0 Å². The lowest BCUT2D eigenvalue weighted by molar-refractivity contribution is -0.131. The van der Waals surface area contributed by atoms with Gasteiger partial charge in [0.1, 0.15) is 0 Å². The van der Waals surface area contributed by atoms with Crippen LogP contribution < -0.4 is 10.6 Å². The van der Waals surface area contributed by atoms with Crippen molar-refractivity contribution in [2.75, 3.05) is 0 Å². The summed E-state index contributed by atoms with van der Waals surface area (Å²) in [6.07, 6.45) is 3.40. The standard InChI is InChI=1S/C16H30N2O2/c1-15(2,3)17-13(19)11-8-7-9-12(10-11)14(20)18-16(4,5)6/h11-12H,7-10H2,1-6H3,(H,17,19)(H,18,20). The average Bonchev–Trinajstić information content (AvgIpc) is 2.24. The largest absolute Gasteiger partial charge is 0.351 e. The molecule has 0 aromatic carbocycles. The van der Waals surface area contributed by atoms with Gasteiger partial charge in [0.15, 0.2) is 0 Å². The first-order valence-electron chi connectivity index (χ1n) is 7.62. The van der Waals surface area contributed by atoms with E-state index in [-0.39, 0.29) is 34.7 Å². The van der Waals surface area contributed by atoms with Crippen LogP contribution >= 0.6 is 0 Å². The molecule has 1 aliphatic carbocycles. The summed E-state index contributed by atoms with van der Waals surface area (Å²) in [6, 6.07) is 0. The molecule has 0 saturated heterocycles. The summed E-state index contributed by atoms with van der Waals surface area (Å²) in [5, 5.41) is 6.05. The molecule has 0 aromatic heterocycles. The number of amides is 2. The number of carbonyl (C=O) groups excluding carboxylic acids is 2. The lowest BCUT2D eigenvalue weighted by atomic mass is 9.80. The lowest BCUT2D eigenvalue weighted by Gasteiger charge is -2.32. The van der Waals surface area contributed by atoms with Crippen LogP contribution in [0.1, 0.15) is 67.2 Å². The van der Waals surface area contributed by atoms with Crippen molar-refractivity contribution in [2.45, 2.75) is 78.3 Å². The van der Waals surface area contributed by atoms with Crippen LogP contribution in [-0.4, -0.2) is 22.9 Å². The van der Waals surface area contributed by atoms with Crippen molar-refractivity contribution in [3.63, 3.8) is 0 Å². The van der Waals surface area contributed by atoms with Gasteiger partial charge in [-0.3, -0.25) is 9.59 Å². The van der Waals surface area contributed by atoms with E-state index in [2.05, 4.69) is 10.6 Å². The molecule has 116 valence electrons. The maximum Gasteiger partial charge on any atom is 0.223 e. The van der Waals surface area contributed by atoms with Gasteiger partial charge in [-0.25, -0.2) is 0 Å². The van der Waals surface area contributed by atoms with Crippen molar-refractivity contribution in [2.24, 2.45) is 11.8 Å². The highest BCUT2D eigenvalue weighted by Crippen LogP contribution is 2.30. The third-order valence-corrected chi connectivity index (χ3v) is 3.41. The number of hydrogen-bond donors (Lipinski definition) is 2. The van der Waals surface area contributed by atoms with Crippen molar-refractivity contribution in [1.29, 1.82) is 0 Å². The molecule has 1 fully saturated rings. The molecule has 2 unspecified atom stereocenters. The van der Waals surface area contributed by atoms with Crippen LogP contribution in [0.2, 0.25) is 0 Å². The Bertz CT molecular complexity index is 330. The summed E-state index contributed by atoms with van der Waals surface area (Å²) in [5.74, 6) is 0.119. The minimum atomic E-state index is -0.211. The Morgan fingerprint density at radius 1 is 0.800 bits per heavy atom. The first-order valence-corrected chi connectivity index (χ1v) is 7.62. The van der Waals surface area contributed by atoms with Crippen molar-refractivity contribution in [3.05, 3.63) is 0 Å². The van der Waals surface area contributed by atoms with Gasteiger partial charge in [-0.15, -0.1) is 0 Å². The maximum atomic E-state index is 12.2.